The summed E-state index contributed by atoms with van der Waals surface area (Å²) >= 11 is 0. The van der Waals surface area contributed by atoms with E-state index in [0.29, 0.717) is 0 Å². The first-order valence-corrected chi connectivity index (χ1v) is 1.79. The predicted molar refractivity (Wildman–Crippen MR) is 24.0 cm³/mol. The second-order valence-electron chi connectivity index (χ2n) is 2.68. The quantitative estimate of drug-likeness (QED) is 0.287. The fourth-order valence-corrected chi connectivity index (χ4v) is 0. The van der Waals surface area contributed by atoms with E-state index in [1.54, 1.807) is 0 Å². The Balaban J connectivity index is 3.02. The van der Waals surface area contributed by atoms with Crippen LogP contribution in [0.3, 0.4) is 0 Å². The van der Waals surface area contributed by atoms with Crippen LogP contribution in [0.1, 0.15) is 0 Å². The van der Waals surface area contributed by atoms with Gasteiger partial charge >= 0.3 is 0 Å². The lowest BCUT2D eigenvalue weighted by molar-refractivity contribution is -0.849. The predicted octanol–water partition coefficient (Wildman–Crippen LogP) is 0.322. The average molecular weight is 75.1 g/mol. The second-order valence-corrected chi connectivity index (χ2v) is 2.68. The van der Waals surface area contributed by atoms with E-state index in [4.69, 9.17) is 0 Å². The van der Waals surface area contributed by atoms with E-state index >= 15 is 0 Å². The molecule has 0 aromatic rings. The van der Waals surface area contributed by atoms with Crippen molar-refractivity contribution in [3.05, 3.63) is 0 Å². The smallest absolute Gasteiger partial charge is 0.0675 e. The summed E-state index contributed by atoms with van der Waals surface area (Å²) in [6.45, 7) is 0. The summed E-state index contributed by atoms with van der Waals surface area (Å²) in [5.74, 6) is 0. The van der Waals surface area contributed by atoms with Crippen molar-refractivity contribution >= 4 is 0 Å². The molecule has 1 nitrogen and oxygen atoms in total. The van der Waals surface area contributed by atoms with E-state index in [2.05, 4.69) is 28.2 Å². The summed E-state index contributed by atoms with van der Waals surface area (Å²) in [6, 6.07) is 0. The van der Waals surface area contributed by atoms with Gasteiger partial charge in [-0.25, -0.2) is 0 Å². The molecule has 0 saturated carbocycles. The summed E-state index contributed by atoms with van der Waals surface area (Å²) < 4.78 is 1.00. The van der Waals surface area contributed by atoms with Crippen molar-refractivity contribution < 1.29 is 4.48 Å². The molecule has 32 valence electrons. The Bertz CT molecular complexity index is 19.1. The molecular weight excluding hydrogens is 63.0 g/mol. The number of rotatable bonds is 0. The van der Waals surface area contributed by atoms with Crippen molar-refractivity contribution in [2.45, 2.75) is 0 Å². The normalized spacial score (nSPS) is 12.0. The minimum atomic E-state index is 1.00. The molecule has 0 aliphatic rings. The second kappa shape index (κ2) is 0.977. The van der Waals surface area contributed by atoms with Gasteiger partial charge in [-0.3, -0.25) is 0 Å². The topological polar surface area (TPSA) is 0 Å². The van der Waals surface area contributed by atoms with Crippen molar-refractivity contribution in [2.24, 2.45) is 0 Å². The standard InChI is InChI=1S/C4H12N/c1-5(2,3)4/h1-4H3/q+1/i1+1. The van der Waals surface area contributed by atoms with Gasteiger partial charge in [0.25, 0.3) is 0 Å². The lowest BCUT2D eigenvalue weighted by Gasteiger charge is -2.14. The van der Waals surface area contributed by atoms with Crippen molar-refractivity contribution in [2.75, 3.05) is 28.2 Å². The summed E-state index contributed by atoms with van der Waals surface area (Å²) in [6.07, 6.45) is 0. The van der Waals surface area contributed by atoms with Crippen LogP contribution in [0.15, 0.2) is 0 Å². The van der Waals surface area contributed by atoms with Gasteiger partial charge in [0.05, 0.1) is 28.2 Å². The van der Waals surface area contributed by atoms with E-state index < -0.39 is 0 Å². The van der Waals surface area contributed by atoms with Crippen LogP contribution >= 0.6 is 0 Å². The molecule has 0 spiro atoms. The zero-order valence-electron chi connectivity index (χ0n) is 4.45. The van der Waals surface area contributed by atoms with Gasteiger partial charge in [0.2, 0.25) is 0 Å². The largest absolute Gasteiger partial charge is 0.333 e. The molecule has 0 heterocycles. The Kier molecular flexibility index (Phi) is 0.969. The molecule has 5 heavy (non-hydrogen) atoms. The van der Waals surface area contributed by atoms with E-state index in [9.17, 15) is 0 Å². The van der Waals surface area contributed by atoms with Gasteiger partial charge in [-0.1, -0.05) is 0 Å². The third-order valence-corrected chi connectivity index (χ3v) is 0. The van der Waals surface area contributed by atoms with Gasteiger partial charge in [-0.2, -0.15) is 0 Å². The monoisotopic (exact) mass is 75.1 g/mol. The van der Waals surface area contributed by atoms with E-state index in [0.717, 1.165) is 4.48 Å². The fraction of sp³-hybridized carbons (Fsp3) is 1.00. The van der Waals surface area contributed by atoms with E-state index in [1.165, 1.54) is 0 Å². The molecule has 1 heteroatoms. The minimum absolute atomic E-state index is 1.00. The number of hydrogen-bond acceptors (Lipinski definition) is 0. The molecule has 0 rings (SSSR count). The van der Waals surface area contributed by atoms with Crippen LogP contribution in [0.25, 0.3) is 0 Å². The highest BCUT2D eigenvalue weighted by molar-refractivity contribution is 3.87. The molecule has 0 atom stereocenters. The molecule has 0 aromatic carbocycles. The Morgan fingerprint density at radius 2 is 0.800 bits per heavy atom. The minimum Gasteiger partial charge on any atom is -0.333 e. The SMILES string of the molecule is C[N+](C)(C)[13CH3]. The Morgan fingerprint density at radius 3 is 0.800 bits per heavy atom. The molecule has 0 aliphatic heterocycles. The van der Waals surface area contributed by atoms with Crippen LogP contribution in [0.2, 0.25) is 0 Å². The number of hydrogen-bond donors (Lipinski definition) is 0. The van der Waals surface area contributed by atoms with Crippen LogP contribution in [-0.2, 0) is 0 Å². The first-order chi connectivity index (χ1) is 2.00. The van der Waals surface area contributed by atoms with Gasteiger partial charge in [0.15, 0.2) is 0 Å². The van der Waals surface area contributed by atoms with E-state index in [1.807, 2.05) is 0 Å². The maximum Gasteiger partial charge on any atom is 0.0675 e. The van der Waals surface area contributed by atoms with Crippen molar-refractivity contribution in [1.29, 1.82) is 0 Å². The third kappa shape index (κ3) is 9510. The molecule has 0 aromatic heterocycles. The average Bonchev–Trinajstić information content (AvgIpc) is 0.722. The highest BCUT2D eigenvalue weighted by atomic mass is 15.3. The van der Waals surface area contributed by atoms with Crippen molar-refractivity contribution in [3.63, 3.8) is 0 Å². The van der Waals surface area contributed by atoms with Crippen LogP contribution in [0.4, 0.5) is 0 Å². The highest BCUT2D eigenvalue weighted by Gasteiger charge is 1.88. The van der Waals surface area contributed by atoms with Crippen molar-refractivity contribution in [1.82, 2.24) is 0 Å². The van der Waals surface area contributed by atoms with Crippen molar-refractivity contribution in [3.8, 4) is 0 Å². The molecule has 0 bridgehead atoms. The first kappa shape index (κ1) is 4.96. The lowest BCUT2D eigenvalue weighted by atomic mass is 10.9. The van der Waals surface area contributed by atoms with Gasteiger partial charge in [0.1, 0.15) is 0 Å². The molecule has 0 fully saturated rings. The molecule has 0 saturated heterocycles. The van der Waals surface area contributed by atoms with E-state index in [-0.39, 0.29) is 0 Å². The Morgan fingerprint density at radius 1 is 0.800 bits per heavy atom. The maximum absolute atomic E-state index is 2.12. The number of quaternary nitrogens is 1. The van der Waals surface area contributed by atoms with Gasteiger partial charge in [-0.05, 0) is 0 Å². The van der Waals surface area contributed by atoms with Crippen LogP contribution in [0, 0.1) is 0 Å². The maximum atomic E-state index is 2.12. The Labute approximate surface area is 33.8 Å². The molecular formula is C4H12N+. The molecule has 0 radical (unpaired) electrons. The first-order valence-electron chi connectivity index (χ1n) is 1.79. The zero-order chi connectivity index (χ0) is 4.50. The zero-order valence-corrected chi connectivity index (χ0v) is 4.45. The molecule has 0 unspecified atom stereocenters. The van der Waals surface area contributed by atoms with Crippen LogP contribution in [0.5, 0.6) is 0 Å². The summed E-state index contributed by atoms with van der Waals surface area (Å²) in [4.78, 5) is 0. The third-order valence-electron chi connectivity index (χ3n) is 0. The summed E-state index contributed by atoms with van der Waals surface area (Å²) in [5.41, 5.74) is 0. The van der Waals surface area contributed by atoms with Gasteiger partial charge in [-0.15, -0.1) is 0 Å². The highest BCUT2D eigenvalue weighted by Crippen LogP contribution is 1.73. The summed E-state index contributed by atoms with van der Waals surface area (Å²) in [7, 11) is 8.50. The van der Waals surface area contributed by atoms with Crippen LogP contribution in [-0.4, -0.2) is 32.7 Å². The summed E-state index contributed by atoms with van der Waals surface area (Å²) in [5, 5.41) is 0. The Hall–Kier alpha value is -0.0400. The van der Waals surface area contributed by atoms with Gasteiger partial charge < -0.3 is 4.48 Å². The van der Waals surface area contributed by atoms with Gasteiger partial charge in [0, 0.05) is 0 Å². The molecule has 0 N–H and O–H groups in total. The molecule has 0 aliphatic carbocycles. The number of nitrogens with zero attached hydrogens (tertiary/aromatic N) is 1. The fourth-order valence-electron chi connectivity index (χ4n) is 0. The molecule has 0 amide bonds. The lowest BCUT2D eigenvalue weighted by Crippen LogP contribution is -2.27. The van der Waals surface area contributed by atoms with Crippen LogP contribution < -0.4 is 0 Å².